The Kier molecular flexibility index (Phi) is 6.54. The van der Waals surface area contributed by atoms with Crippen LogP contribution in [0.3, 0.4) is 0 Å². The SMILES string of the molecule is CCc1cc(C(=O)OC(C)C(=O)Nc2ccc(Cl)cc2C(F)(F)F)sc1C. The van der Waals surface area contributed by atoms with Crippen molar-refractivity contribution in [3.8, 4) is 0 Å². The monoisotopic (exact) mass is 419 g/mol. The van der Waals surface area contributed by atoms with E-state index in [1.165, 1.54) is 24.3 Å². The average molecular weight is 420 g/mol. The zero-order valence-electron chi connectivity index (χ0n) is 14.7. The summed E-state index contributed by atoms with van der Waals surface area (Å²) in [5.74, 6) is -1.57. The van der Waals surface area contributed by atoms with Crippen LogP contribution in [0.4, 0.5) is 18.9 Å². The van der Waals surface area contributed by atoms with Gasteiger partial charge < -0.3 is 10.1 Å². The van der Waals surface area contributed by atoms with Crippen molar-refractivity contribution in [2.45, 2.75) is 39.5 Å². The first-order chi connectivity index (χ1) is 12.5. The van der Waals surface area contributed by atoms with E-state index in [1.54, 1.807) is 6.07 Å². The van der Waals surface area contributed by atoms with Crippen molar-refractivity contribution in [2.24, 2.45) is 0 Å². The van der Waals surface area contributed by atoms with Crippen molar-refractivity contribution in [3.05, 3.63) is 50.2 Å². The summed E-state index contributed by atoms with van der Waals surface area (Å²) < 4.78 is 44.4. The Balaban J connectivity index is 2.11. The van der Waals surface area contributed by atoms with Gasteiger partial charge in [0.25, 0.3) is 5.91 Å². The van der Waals surface area contributed by atoms with Crippen molar-refractivity contribution in [1.29, 1.82) is 0 Å². The topological polar surface area (TPSA) is 55.4 Å². The van der Waals surface area contributed by atoms with E-state index in [1.807, 2.05) is 13.8 Å². The van der Waals surface area contributed by atoms with E-state index in [4.69, 9.17) is 16.3 Å². The Labute approximate surface area is 163 Å². The number of alkyl halides is 3. The summed E-state index contributed by atoms with van der Waals surface area (Å²) in [7, 11) is 0. The van der Waals surface area contributed by atoms with Crippen LogP contribution in [0.1, 0.15) is 39.5 Å². The molecule has 0 fully saturated rings. The number of esters is 1. The highest BCUT2D eigenvalue weighted by Crippen LogP contribution is 2.36. The van der Waals surface area contributed by atoms with Crippen molar-refractivity contribution >= 4 is 40.5 Å². The molecule has 0 aliphatic rings. The number of nitrogens with one attached hydrogen (secondary N) is 1. The number of rotatable bonds is 5. The molecule has 4 nitrogen and oxygen atoms in total. The van der Waals surface area contributed by atoms with Crippen LogP contribution in [0.15, 0.2) is 24.3 Å². The van der Waals surface area contributed by atoms with E-state index < -0.39 is 35.4 Å². The maximum atomic E-state index is 13.1. The Morgan fingerprint density at radius 2 is 1.96 bits per heavy atom. The predicted molar refractivity (Wildman–Crippen MR) is 98.4 cm³/mol. The Hall–Kier alpha value is -2.06. The summed E-state index contributed by atoms with van der Waals surface area (Å²) in [6.07, 6.45) is -5.22. The number of halogens is 4. The first kappa shape index (κ1) is 21.2. The van der Waals surface area contributed by atoms with Gasteiger partial charge in [-0.2, -0.15) is 13.2 Å². The van der Waals surface area contributed by atoms with Gasteiger partial charge in [0.15, 0.2) is 6.10 Å². The maximum Gasteiger partial charge on any atom is 0.418 e. The van der Waals surface area contributed by atoms with Gasteiger partial charge in [-0.05, 0) is 50.1 Å². The zero-order chi connectivity index (χ0) is 20.4. The highest BCUT2D eigenvalue weighted by Gasteiger charge is 2.34. The molecule has 0 spiro atoms. The molecule has 9 heteroatoms. The fourth-order valence-corrected chi connectivity index (χ4v) is 3.51. The molecule has 1 unspecified atom stereocenters. The van der Waals surface area contributed by atoms with E-state index in [9.17, 15) is 22.8 Å². The molecule has 0 saturated carbocycles. The molecule has 0 radical (unpaired) electrons. The van der Waals surface area contributed by atoms with Gasteiger partial charge in [0.1, 0.15) is 4.88 Å². The fourth-order valence-electron chi connectivity index (χ4n) is 2.34. The third kappa shape index (κ3) is 5.23. The van der Waals surface area contributed by atoms with Crippen LogP contribution < -0.4 is 5.32 Å². The second kappa shape index (κ2) is 8.31. The number of amides is 1. The molecule has 1 aromatic heterocycles. The van der Waals surface area contributed by atoms with Gasteiger partial charge in [0.05, 0.1) is 11.3 Å². The normalized spacial score (nSPS) is 12.6. The maximum absolute atomic E-state index is 13.1. The summed E-state index contributed by atoms with van der Waals surface area (Å²) in [6.45, 7) is 5.11. The predicted octanol–water partition coefficient (Wildman–Crippen LogP) is 5.48. The quantitative estimate of drug-likeness (QED) is 0.653. The van der Waals surface area contributed by atoms with Crippen LogP contribution in [0.25, 0.3) is 0 Å². The van der Waals surface area contributed by atoms with E-state index in [0.29, 0.717) is 10.9 Å². The first-order valence-electron chi connectivity index (χ1n) is 8.00. The molecular formula is C18H17ClF3NO3S. The smallest absolute Gasteiger partial charge is 0.418 e. The molecule has 0 aliphatic heterocycles. The molecular weight excluding hydrogens is 403 g/mol. The van der Waals surface area contributed by atoms with E-state index >= 15 is 0 Å². The number of aryl methyl sites for hydroxylation is 2. The Bertz CT molecular complexity index is 864. The molecule has 0 bridgehead atoms. The molecule has 1 amide bonds. The van der Waals surface area contributed by atoms with Crippen LogP contribution in [-0.2, 0) is 22.1 Å². The van der Waals surface area contributed by atoms with Crippen molar-refractivity contribution < 1.29 is 27.5 Å². The lowest BCUT2D eigenvalue weighted by atomic mass is 10.1. The van der Waals surface area contributed by atoms with Crippen LogP contribution in [0.5, 0.6) is 0 Å². The summed E-state index contributed by atoms with van der Waals surface area (Å²) in [5, 5.41) is 2.03. The highest BCUT2D eigenvalue weighted by molar-refractivity contribution is 7.14. The molecule has 2 rings (SSSR count). The minimum absolute atomic E-state index is 0.111. The Morgan fingerprint density at radius 1 is 1.30 bits per heavy atom. The number of thiophene rings is 1. The van der Waals surface area contributed by atoms with Crippen molar-refractivity contribution in [3.63, 3.8) is 0 Å². The van der Waals surface area contributed by atoms with Crippen molar-refractivity contribution in [1.82, 2.24) is 0 Å². The van der Waals surface area contributed by atoms with Gasteiger partial charge in [0.2, 0.25) is 0 Å². The van der Waals surface area contributed by atoms with Gasteiger partial charge in [-0.3, -0.25) is 4.79 Å². The number of anilines is 1. The van der Waals surface area contributed by atoms with E-state index in [0.717, 1.165) is 22.9 Å². The highest BCUT2D eigenvalue weighted by atomic mass is 35.5. The standard InChI is InChI=1S/C18H17ClF3NO3S/c1-4-11-7-15(27-10(11)3)17(25)26-9(2)16(24)23-14-6-5-12(19)8-13(14)18(20,21)22/h5-9H,4H2,1-3H3,(H,23,24). The van der Waals surface area contributed by atoms with Crippen molar-refractivity contribution in [2.75, 3.05) is 5.32 Å². The number of benzene rings is 1. The second-order valence-electron chi connectivity index (χ2n) is 5.77. The molecule has 27 heavy (non-hydrogen) atoms. The van der Waals surface area contributed by atoms with Gasteiger partial charge in [-0.1, -0.05) is 18.5 Å². The molecule has 1 atom stereocenters. The largest absolute Gasteiger partial charge is 0.448 e. The van der Waals surface area contributed by atoms with Gasteiger partial charge in [0, 0.05) is 9.90 Å². The number of carbonyl (C=O) groups excluding carboxylic acids is 2. The minimum Gasteiger partial charge on any atom is -0.448 e. The number of carbonyl (C=O) groups is 2. The van der Waals surface area contributed by atoms with Gasteiger partial charge >= 0.3 is 12.1 Å². The molecule has 0 saturated heterocycles. The van der Waals surface area contributed by atoms with E-state index in [-0.39, 0.29) is 5.02 Å². The third-order valence-electron chi connectivity index (χ3n) is 3.80. The molecule has 2 aromatic rings. The minimum atomic E-state index is -4.70. The summed E-state index contributed by atoms with van der Waals surface area (Å²) in [5.41, 5.74) is -0.539. The summed E-state index contributed by atoms with van der Waals surface area (Å²) in [4.78, 5) is 25.7. The van der Waals surface area contributed by atoms with Crippen LogP contribution >= 0.6 is 22.9 Å². The molecule has 1 heterocycles. The second-order valence-corrected chi connectivity index (χ2v) is 7.46. The van der Waals surface area contributed by atoms with Gasteiger partial charge in [-0.15, -0.1) is 11.3 Å². The molecule has 1 aromatic carbocycles. The summed E-state index contributed by atoms with van der Waals surface area (Å²) >= 11 is 6.85. The van der Waals surface area contributed by atoms with Crippen LogP contribution in [-0.4, -0.2) is 18.0 Å². The first-order valence-corrected chi connectivity index (χ1v) is 9.20. The lowest BCUT2D eigenvalue weighted by Crippen LogP contribution is -2.30. The van der Waals surface area contributed by atoms with Gasteiger partial charge in [-0.25, -0.2) is 4.79 Å². The summed E-state index contributed by atoms with van der Waals surface area (Å²) in [6, 6.07) is 4.68. The number of ether oxygens (including phenoxy) is 1. The molecule has 1 N–H and O–H groups in total. The molecule has 146 valence electrons. The zero-order valence-corrected chi connectivity index (χ0v) is 16.3. The number of hydrogen-bond acceptors (Lipinski definition) is 4. The lowest BCUT2D eigenvalue weighted by Gasteiger charge is -2.17. The molecule has 0 aliphatic carbocycles. The number of hydrogen-bond donors (Lipinski definition) is 1. The lowest BCUT2D eigenvalue weighted by molar-refractivity contribution is -0.137. The fraction of sp³-hybridized carbons (Fsp3) is 0.333. The van der Waals surface area contributed by atoms with E-state index in [2.05, 4.69) is 5.32 Å². The van der Waals surface area contributed by atoms with Crippen LogP contribution in [0, 0.1) is 6.92 Å². The average Bonchev–Trinajstić information content (AvgIpc) is 2.96. The van der Waals surface area contributed by atoms with Crippen LogP contribution in [0.2, 0.25) is 5.02 Å². The Morgan fingerprint density at radius 3 is 2.52 bits per heavy atom. The third-order valence-corrected chi connectivity index (χ3v) is 5.11.